The SMILES string of the molecule is Cc1c(CC(N)=O)c2cc(O)ccc2n1C(=O)c1ccc(Cl)c(F)c1. The molecule has 1 heterocycles. The maximum Gasteiger partial charge on any atom is 0.262 e. The Kier molecular flexibility index (Phi) is 4.22. The molecule has 0 aliphatic carbocycles. The summed E-state index contributed by atoms with van der Waals surface area (Å²) in [6.07, 6.45) is -0.0823. The Hall–Kier alpha value is -2.86. The van der Waals surface area contributed by atoms with Crippen molar-refractivity contribution in [3.63, 3.8) is 0 Å². The summed E-state index contributed by atoms with van der Waals surface area (Å²) in [6, 6.07) is 8.25. The minimum atomic E-state index is -0.698. The number of carbonyl (C=O) groups excluding carboxylic acids is 2. The number of carbonyl (C=O) groups is 2. The van der Waals surface area contributed by atoms with Crippen molar-refractivity contribution in [3.05, 3.63) is 64.1 Å². The van der Waals surface area contributed by atoms with E-state index in [4.69, 9.17) is 17.3 Å². The number of hydrogen-bond acceptors (Lipinski definition) is 3. The zero-order chi connectivity index (χ0) is 18.3. The molecule has 0 unspecified atom stereocenters. The van der Waals surface area contributed by atoms with E-state index in [2.05, 4.69) is 0 Å². The van der Waals surface area contributed by atoms with Crippen LogP contribution < -0.4 is 5.73 Å². The Morgan fingerprint density at radius 3 is 2.60 bits per heavy atom. The Morgan fingerprint density at radius 2 is 1.96 bits per heavy atom. The molecule has 5 nitrogen and oxygen atoms in total. The molecule has 1 amide bonds. The summed E-state index contributed by atoms with van der Waals surface area (Å²) in [5.74, 6) is -1.73. The number of primary amides is 1. The molecule has 0 saturated heterocycles. The van der Waals surface area contributed by atoms with Gasteiger partial charge in [0.1, 0.15) is 11.6 Å². The van der Waals surface area contributed by atoms with E-state index in [0.717, 1.165) is 6.07 Å². The molecule has 1 aromatic heterocycles. The van der Waals surface area contributed by atoms with Gasteiger partial charge in [0, 0.05) is 16.6 Å². The van der Waals surface area contributed by atoms with Crippen molar-refractivity contribution in [2.24, 2.45) is 5.73 Å². The third-order valence-electron chi connectivity index (χ3n) is 4.04. The fourth-order valence-electron chi connectivity index (χ4n) is 2.89. The van der Waals surface area contributed by atoms with Crippen LogP contribution in [0.25, 0.3) is 10.9 Å². The predicted octanol–water partition coefficient (Wildman–Crippen LogP) is 3.16. The molecule has 0 aliphatic rings. The maximum absolute atomic E-state index is 13.7. The fourth-order valence-corrected chi connectivity index (χ4v) is 3.01. The molecule has 0 atom stereocenters. The summed E-state index contributed by atoms with van der Waals surface area (Å²) >= 11 is 5.66. The van der Waals surface area contributed by atoms with Crippen molar-refractivity contribution < 1.29 is 19.1 Å². The van der Waals surface area contributed by atoms with E-state index in [1.165, 1.54) is 28.8 Å². The van der Waals surface area contributed by atoms with Gasteiger partial charge in [-0.05, 0) is 48.9 Å². The van der Waals surface area contributed by atoms with Crippen LogP contribution in [-0.4, -0.2) is 21.5 Å². The third kappa shape index (κ3) is 2.96. The molecule has 3 rings (SSSR count). The van der Waals surface area contributed by atoms with Gasteiger partial charge in [-0.1, -0.05) is 11.6 Å². The van der Waals surface area contributed by atoms with Gasteiger partial charge in [-0.25, -0.2) is 4.39 Å². The molecule has 3 aromatic rings. The zero-order valence-corrected chi connectivity index (χ0v) is 14.0. The first-order valence-corrected chi connectivity index (χ1v) is 7.78. The summed E-state index contributed by atoms with van der Waals surface area (Å²) in [6.45, 7) is 1.67. The first kappa shape index (κ1) is 17.0. The molecule has 0 spiro atoms. The van der Waals surface area contributed by atoms with Gasteiger partial charge in [0.05, 0.1) is 17.0 Å². The molecule has 0 aliphatic heterocycles. The van der Waals surface area contributed by atoms with Crippen LogP contribution in [0.5, 0.6) is 5.75 Å². The fraction of sp³-hybridized carbons (Fsp3) is 0.111. The van der Waals surface area contributed by atoms with Crippen LogP contribution in [0, 0.1) is 12.7 Å². The molecule has 0 fully saturated rings. The normalized spacial score (nSPS) is 11.0. The first-order chi connectivity index (χ1) is 11.8. The summed E-state index contributed by atoms with van der Waals surface area (Å²) in [5.41, 5.74) is 6.94. The highest BCUT2D eigenvalue weighted by atomic mass is 35.5. The lowest BCUT2D eigenvalue weighted by atomic mass is 10.1. The number of halogens is 2. The molecule has 0 saturated carbocycles. The highest BCUT2D eigenvalue weighted by Crippen LogP contribution is 2.30. The number of nitrogens with two attached hydrogens (primary N) is 1. The van der Waals surface area contributed by atoms with E-state index < -0.39 is 17.6 Å². The molecular formula is C18H14ClFN2O3. The highest BCUT2D eigenvalue weighted by Gasteiger charge is 2.21. The van der Waals surface area contributed by atoms with E-state index in [1.807, 2.05) is 0 Å². The summed E-state index contributed by atoms with van der Waals surface area (Å²) < 4.78 is 15.1. The number of phenolic OH excluding ortho intramolecular Hbond substituents is 1. The second-order valence-corrected chi connectivity index (χ2v) is 6.09. The molecule has 7 heteroatoms. The number of hydrogen-bond donors (Lipinski definition) is 2. The number of nitrogens with zero attached hydrogens (tertiary/aromatic N) is 1. The van der Waals surface area contributed by atoms with Gasteiger partial charge in [-0.3, -0.25) is 14.2 Å². The van der Waals surface area contributed by atoms with Crippen LogP contribution >= 0.6 is 11.6 Å². The topological polar surface area (TPSA) is 85.3 Å². The predicted molar refractivity (Wildman–Crippen MR) is 92.4 cm³/mol. The second kappa shape index (κ2) is 6.22. The number of aromatic hydroxyl groups is 1. The molecule has 25 heavy (non-hydrogen) atoms. The molecule has 0 bridgehead atoms. The Bertz CT molecular complexity index is 1030. The second-order valence-electron chi connectivity index (χ2n) is 5.68. The number of benzene rings is 2. The lowest BCUT2D eigenvalue weighted by Gasteiger charge is -2.08. The van der Waals surface area contributed by atoms with Crippen molar-refractivity contribution in [3.8, 4) is 5.75 Å². The van der Waals surface area contributed by atoms with E-state index in [9.17, 15) is 19.1 Å². The molecule has 0 radical (unpaired) electrons. The van der Waals surface area contributed by atoms with Crippen molar-refractivity contribution in [2.45, 2.75) is 13.3 Å². The van der Waals surface area contributed by atoms with Gasteiger partial charge in [-0.2, -0.15) is 0 Å². The van der Waals surface area contributed by atoms with E-state index >= 15 is 0 Å². The van der Waals surface area contributed by atoms with Crippen LogP contribution in [0.1, 0.15) is 21.6 Å². The largest absolute Gasteiger partial charge is 0.508 e. The van der Waals surface area contributed by atoms with Gasteiger partial charge >= 0.3 is 0 Å². The standard InChI is InChI=1S/C18H14ClFN2O3/c1-9-12(8-17(21)24)13-7-11(23)3-5-16(13)22(9)18(25)10-2-4-14(19)15(20)6-10/h2-7,23H,8H2,1H3,(H2,21,24). The van der Waals surface area contributed by atoms with Crippen LogP contribution in [0.3, 0.4) is 0 Å². The first-order valence-electron chi connectivity index (χ1n) is 7.40. The van der Waals surface area contributed by atoms with Gasteiger partial charge < -0.3 is 10.8 Å². The average molecular weight is 361 g/mol. The number of aromatic nitrogens is 1. The number of rotatable bonds is 3. The summed E-state index contributed by atoms with van der Waals surface area (Å²) in [4.78, 5) is 24.3. The van der Waals surface area contributed by atoms with Gasteiger partial charge in [0.15, 0.2) is 0 Å². The zero-order valence-electron chi connectivity index (χ0n) is 13.2. The highest BCUT2D eigenvalue weighted by molar-refractivity contribution is 6.30. The Balaban J connectivity index is 2.24. The molecular weight excluding hydrogens is 347 g/mol. The van der Waals surface area contributed by atoms with Crippen LogP contribution in [0.4, 0.5) is 4.39 Å². The van der Waals surface area contributed by atoms with Gasteiger partial charge in [-0.15, -0.1) is 0 Å². The molecule has 2 aromatic carbocycles. The number of fused-ring (bicyclic) bond motifs is 1. The lowest BCUT2D eigenvalue weighted by molar-refractivity contribution is -0.117. The maximum atomic E-state index is 13.7. The van der Waals surface area contributed by atoms with E-state index in [-0.39, 0.29) is 22.8 Å². The smallest absolute Gasteiger partial charge is 0.262 e. The minimum absolute atomic E-state index is 0.000330. The summed E-state index contributed by atoms with van der Waals surface area (Å²) in [5, 5.41) is 10.2. The third-order valence-corrected chi connectivity index (χ3v) is 4.35. The number of amides is 1. The van der Waals surface area contributed by atoms with Crippen molar-refractivity contribution >= 4 is 34.3 Å². The van der Waals surface area contributed by atoms with Crippen molar-refractivity contribution in [1.29, 1.82) is 0 Å². The number of phenols is 1. The minimum Gasteiger partial charge on any atom is -0.508 e. The van der Waals surface area contributed by atoms with E-state index in [1.54, 1.807) is 13.0 Å². The molecule has 128 valence electrons. The van der Waals surface area contributed by atoms with Crippen LogP contribution in [0.15, 0.2) is 36.4 Å². The van der Waals surface area contributed by atoms with Crippen LogP contribution in [0.2, 0.25) is 5.02 Å². The quantitative estimate of drug-likeness (QED) is 0.752. The van der Waals surface area contributed by atoms with Gasteiger partial charge in [0.2, 0.25) is 5.91 Å². The van der Waals surface area contributed by atoms with Gasteiger partial charge in [0.25, 0.3) is 5.91 Å². The Morgan fingerprint density at radius 1 is 1.24 bits per heavy atom. The monoisotopic (exact) mass is 360 g/mol. The van der Waals surface area contributed by atoms with Crippen molar-refractivity contribution in [1.82, 2.24) is 4.57 Å². The lowest BCUT2D eigenvalue weighted by Crippen LogP contribution is -2.16. The molecule has 3 N–H and O–H groups in total. The summed E-state index contributed by atoms with van der Waals surface area (Å²) in [7, 11) is 0. The van der Waals surface area contributed by atoms with Crippen LogP contribution in [-0.2, 0) is 11.2 Å². The Labute approximate surface area is 147 Å². The average Bonchev–Trinajstić information content (AvgIpc) is 2.81. The van der Waals surface area contributed by atoms with E-state index in [0.29, 0.717) is 22.2 Å². The van der Waals surface area contributed by atoms with Crippen molar-refractivity contribution in [2.75, 3.05) is 0 Å².